The topological polar surface area (TPSA) is 51.5 Å². The van der Waals surface area contributed by atoms with Crippen molar-refractivity contribution >= 4 is 28.1 Å². The van der Waals surface area contributed by atoms with Crippen LogP contribution in [0.5, 0.6) is 5.75 Å². The van der Waals surface area contributed by atoms with E-state index in [0.29, 0.717) is 5.75 Å². The fraction of sp³-hybridized carbons (Fsp3) is 0.179. The molecular formula is C28H27NO3. The minimum Gasteiger partial charge on any atom is -0.496 e. The molecule has 1 amide bonds. The largest absolute Gasteiger partial charge is 0.496 e. The van der Waals surface area contributed by atoms with E-state index in [1.165, 1.54) is 0 Å². The average molecular weight is 426 g/mol. The molecule has 0 aliphatic rings. The molecule has 0 bridgehead atoms. The molecular weight excluding hydrogens is 398 g/mol. The van der Waals surface area contributed by atoms with E-state index in [4.69, 9.17) is 9.15 Å². The van der Waals surface area contributed by atoms with Gasteiger partial charge in [-0.2, -0.15) is 0 Å². The molecule has 3 aromatic carbocycles. The van der Waals surface area contributed by atoms with Crippen molar-refractivity contribution < 1.29 is 13.9 Å². The Morgan fingerprint density at radius 1 is 1.03 bits per heavy atom. The summed E-state index contributed by atoms with van der Waals surface area (Å²) in [4.78, 5) is 12.8. The van der Waals surface area contributed by atoms with Crippen molar-refractivity contribution in [2.24, 2.45) is 0 Å². The lowest BCUT2D eigenvalue weighted by Gasteiger charge is -2.14. The molecule has 1 N–H and O–H groups in total. The highest BCUT2D eigenvalue weighted by Crippen LogP contribution is 2.40. The number of anilines is 1. The van der Waals surface area contributed by atoms with Crippen LogP contribution in [0.4, 0.5) is 5.69 Å². The number of hydrogen-bond donors (Lipinski definition) is 1. The number of allylic oxidation sites excluding steroid dienone is 1. The summed E-state index contributed by atoms with van der Waals surface area (Å²) >= 11 is 0. The number of amides is 1. The number of benzene rings is 3. The zero-order valence-electron chi connectivity index (χ0n) is 19.1. The molecule has 0 fully saturated rings. The Labute approximate surface area is 188 Å². The van der Waals surface area contributed by atoms with Gasteiger partial charge in [-0.3, -0.25) is 4.79 Å². The van der Waals surface area contributed by atoms with Crippen LogP contribution in [0, 0.1) is 20.8 Å². The molecule has 0 atom stereocenters. The van der Waals surface area contributed by atoms with Gasteiger partial charge in [0.2, 0.25) is 5.91 Å². The van der Waals surface area contributed by atoms with Crippen molar-refractivity contribution in [2.75, 3.05) is 12.4 Å². The summed E-state index contributed by atoms with van der Waals surface area (Å²) in [5.41, 5.74) is 8.41. The number of nitrogens with one attached hydrogen (secondary N) is 1. The Morgan fingerprint density at radius 2 is 1.78 bits per heavy atom. The van der Waals surface area contributed by atoms with Crippen molar-refractivity contribution in [3.05, 3.63) is 89.2 Å². The predicted octanol–water partition coefficient (Wildman–Crippen LogP) is 7.08. The van der Waals surface area contributed by atoms with Crippen LogP contribution in [0.2, 0.25) is 0 Å². The molecule has 1 heterocycles. The van der Waals surface area contributed by atoms with Crippen molar-refractivity contribution in [2.45, 2.75) is 27.7 Å². The quantitative estimate of drug-likeness (QED) is 0.348. The van der Waals surface area contributed by atoms with Gasteiger partial charge in [0.15, 0.2) is 0 Å². The monoisotopic (exact) mass is 425 g/mol. The molecule has 0 aliphatic heterocycles. The summed E-state index contributed by atoms with van der Waals surface area (Å²) in [6, 6.07) is 18.2. The zero-order valence-corrected chi connectivity index (χ0v) is 19.1. The lowest BCUT2D eigenvalue weighted by atomic mass is 9.96. The van der Waals surface area contributed by atoms with Crippen LogP contribution in [0.25, 0.3) is 27.7 Å². The van der Waals surface area contributed by atoms with Crippen molar-refractivity contribution in [3.8, 4) is 16.9 Å². The maximum absolute atomic E-state index is 12.8. The van der Waals surface area contributed by atoms with E-state index < -0.39 is 0 Å². The molecule has 32 heavy (non-hydrogen) atoms. The standard InChI is InChI=1S/C28H27NO3/c1-17-11-12-18(2)25(13-17)29-26(30)14-19(3)22-15-23-24(21-9-7-6-8-10-21)16-32-28(23)20(4)27(22)31-5/h6-16H,1-5H3,(H,29,30)/b19-14+. The van der Waals surface area contributed by atoms with Gasteiger partial charge in [-0.25, -0.2) is 0 Å². The Bertz CT molecular complexity index is 1330. The fourth-order valence-corrected chi connectivity index (χ4v) is 4.03. The van der Waals surface area contributed by atoms with E-state index >= 15 is 0 Å². The van der Waals surface area contributed by atoms with E-state index in [2.05, 4.69) is 17.4 Å². The number of ether oxygens (including phenoxy) is 1. The number of carbonyl (C=O) groups excluding carboxylic acids is 1. The van der Waals surface area contributed by atoms with Crippen molar-refractivity contribution in [1.29, 1.82) is 0 Å². The summed E-state index contributed by atoms with van der Waals surface area (Å²) in [6.45, 7) is 7.89. The third-order valence-corrected chi connectivity index (χ3v) is 5.76. The molecule has 162 valence electrons. The Kier molecular flexibility index (Phi) is 5.87. The Morgan fingerprint density at radius 3 is 2.50 bits per heavy atom. The second kappa shape index (κ2) is 8.75. The molecule has 0 aliphatic carbocycles. The van der Waals surface area contributed by atoms with Crippen LogP contribution in [-0.2, 0) is 4.79 Å². The van der Waals surface area contributed by atoms with Crippen LogP contribution >= 0.6 is 0 Å². The van der Waals surface area contributed by atoms with Gasteiger partial charge in [-0.1, -0.05) is 42.5 Å². The van der Waals surface area contributed by atoms with Crippen LogP contribution in [0.3, 0.4) is 0 Å². The number of aryl methyl sites for hydroxylation is 3. The van der Waals surface area contributed by atoms with Gasteiger partial charge in [-0.05, 0) is 62.1 Å². The minimum atomic E-state index is -0.175. The molecule has 0 spiro atoms. The minimum absolute atomic E-state index is 0.175. The predicted molar refractivity (Wildman–Crippen MR) is 131 cm³/mol. The van der Waals surface area contributed by atoms with E-state index in [1.54, 1.807) is 19.4 Å². The summed E-state index contributed by atoms with van der Waals surface area (Å²) in [6.07, 6.45) is 3.40. The number of methoxy groups -OCH3 is 1. The van der Waals surface area contributed by atoms with Gasteiger partial charge in [0.1, 0.15) is 11.3 Å². The number of carbonyl (C=O) groups is 1. The molecule has 4 aromatic rings. The Balaban J connectivity index is 1.76. The number of furan rings is 1. The van der Waals surface area contributed by atoms with Crippen molar-refractivity contribution in [3.63, 3.8) is 0 Å². The van der Waals surface area contributed by atoms with Crippen LogP contribution in [-0.4, -0.2) is 13.0 Å². The zero-order chi connectivity index (χ0) is 22.8. The molecule has 1 aromatic heterocycles. The second-order valence-electron chi connectivity index (χ2n) is 8.11. The molecule has 0 saturated carbocycles. The summed E-state index contributed by atoms with van der Waals surface area (Å²) in [5.74, 6) is 0.534. The third-order valence-electron chi connectivity index (χ3n) is 5.76. The Hall–Kier alpha value is -3.79. The summed E-state index contributed by atoms with van der Waals surface area (Å²) < 4.78 is 11.6. The number of rotatable bonds is 5. The molecule has 0 radical (unpaired) electrons. The van der Waals surface area contributed by atoms with Crippen LogP contribution in [0.1, 0.15) is 29.2 Å². The lowest BCUT2D eigenvalue weighted by molar-refractivity contribution is -0.111. The number of hydrogen-bond acceptors (Lipinski definition) is 3. The maximum Gasteiger partial charge on any atom is 0.248 e. The molecule has 4 nitrogen and oxygen atoms in total. The van der Waals surface area contributed by atoms with E-state index in [1.807, 2.05) is 70.2 Å². The van der Waals surface area contributed by atoms with Gasteiger partial charge in [0.25, 0.3) is 0 Å². The maximum atomic E-state index is 12.8. The normalized spacial score (nSPS) is 11.6. The van der Waals surface area contributed by atoms with Gasteiger partial charge in [0, 0.05) is 33.8 Å². The van der Waals surface area contributed by atoms with E-state index in [-0.39, 0.29) is 5.91 Å². The summed E-state index contributed by atoms with van der Waals surface area (Å²) in [7, 11) is 1.64. The first kappa shape index (κ1) is 21.4. The second-order valence-corrected chi connectivity index (χ2v) is 8.11. The first-order valence-corrected chi connectivity index (χ1v) is 10.6. The van der Waals surface area contributed by atoms with Gasteiger partial charge in [0.05, 0.1) is 13.4 Å². The first-order valence-electron chi connectivity index (χ1n) is 10.6. The first-order chi connectivity index (χ1) is 15.4. The lowest BCUT2D eigenvalue weighted by Crippen LogP contribution is -2.10. The van der Waals surface area contributed by atoms with E-state index in [0.717, 1.165) is 55.6 Å². The van der Waals surface area contributed by atoms with Gasteiger partial charge >= 0.3 is 0 Å². The van der Waals surface area contributed by atoms with Crippen LogP contribution in [0.15, 0.2) is 71.4 Å². The number of fused-ring (bicyclic) bond motifs is 1. The van der Waals surface area contributed by atoms with Crippen LogP contribution < -0.4 is 10.1 Å². The smallest absolute Gasteiger partial charge is 0.248 e. The molecule has 4 rings (SSSR count). The molecule has 0 saturated heterocycles. The molecule has 4 heteroatoms. The van der Waals surface area contributed by atoms with E-state index in [9.17, 15) is 4.79 Å². The van der Waals surface area contributed by atoms with Gasteiger partial charge in [-0.15, -0.1) is 0 Å². The third kappa shape index (κ3) is 4.04. The summed E-state index contributed by atoms with van der Waals surface area (Å²) in [5, 5.41) is 3.99. The SMILES string of the molecule is COc1c(/C(C)=C/C(=O)Nc2cc(C)ccc2C)cc2c(-c3ccccc3)coc2c1C. The van der Waals surface area contributed by atoms with Gasteiger partial charge < -0.3 is 14.5 Å². The van der Waals surface area contributed by atoms with Crippen molar-refractivity contribution in [1.82, 2.24) is 0 Å². The highest BCUT2D eigenvalue weighted by molar-refractivity contribution is 6.06. The highest BCUT2D eigenvalue weighted by atomic mass is 16.5. The average Bonchev–Trinajstić information content (AvgIpc) is 3.21. The fourth-order valence-electron chi connectivity index (χ4n) is 4.03. The molecule has 0 unspecified atom stereocenters. The highest BCUT2D eigenvalue weighted by Gasteiger charge is 2.18.